The second-order valence-electron chi connectivity index (χ2n) is 4.33. The number of halogens is 3. The zero-order valence-corrected chi connectivity index (χ0v) is 13.4. The van der Waals surface area contributed by atoms with E-state index in [9.17, 15) is 9.18 Å². The number of nitrogens with one attached hydrogen (secondary N) is 1. The molecule has 1 unspecified atom stereocenters. The van der Waals surface area contributed by atoms with Crippen LogP contribution in [0.4, 0.5) is 10.1 Å². The lowest BCUT2D eigenvalue weighted by atomic mass is 10.3. The average molecular weight is 373 g/mol. The number of ether oxygens (including phenoxy) is 1. The third kappa shape index (κ3) is 4.44. The van der Waals surface area contributed by atoms with Gasteiger partial charge in [0.25, 0.3) is 5.91 Å². The van der Waals surface area contributed by atoms with Gasteiger partial charge in [0.05, 0.1) is 4.47 Å². The van der Waals surface area contributed by atoms with Crippen LogP contribution >= 0.6 is 27.5 Å². The number of benzene rings is 2. The van der Waals surface area contributed by atoms with Crippen LogP contribution in [0.2, 0.25) is 5.02 Å². The Morgan fingerprint density at radius 2 is 1.95 bits per heavy atom. The second kappa shape index (κ2) is 6.91. The van der Waals surface area contributed by atoms with E-state index in [0.717, 1.165) is 0 Å². The van der Waals surface area contributed by atoms with Crippen molar-refractivity contribution >= 4 is 39.1 Å². The fourth-order valence-electron chi connectivity index (χ4n) is 1.59. The van der Waals surface area contributed by atoms with E-state index in [1.807, 2.05) is 0 Å². The summed E-state index contributed by atoms with van der Waals surface area (Å²) in [7, 11) is 0. The predicted molar refractivity (Wildman–Crippen MR) is 84.3 cm³/mol. The molecule has 1 N–H and O–H groups in total. The van der Waals surface area contributed by atoms with Crippen molar-refractivity contribution in [1.82, 2.24) is 0 Å². The lowest BCUT2D eigenvalue weighted by Gasteiger charge is -2.16. The van der Waals surface area contributed by atoms with Gasteiger partial charge in [0, 0.05) is 10.7 Å². The summed E-state index contributed by atoms with van der Waals surface area (Å²) in [4.78, 5) is 12.0. The molecule has 0 saturated heterocycles. The Balaban J connectivity index is 2.00. The summed E-state index contributed by atoms with van der Waals surface area (Å²) in [5.41, 5.74) is 0.507. The molecule has 0 aromatic heterocycles. The predicted octanol–water partition coefficient (Wildman–Crippen LogP) is 4.65. The van der Waals surface area contributed by atoms with E-state index in [2.05, 4.69) is 21.2 Å². The quantitative estimate of drug-likeness (QED) is 0.848. The Kier molecular flexibility index (Phi) is 5.20. The highest BCUT2D eigenvalue weighted by Crippen LogP contribution is 2.28. The zero-order valence-electron chi connectivity index (χ0n) is 11.1. The van der Waals surface area contributed by atoms with E-state index in [-0.39, 0.29) is 11.7 Å². The van der Waals surface area contributed by atoms with E-state index < -0.39 is 6.10 Å². The van der Waals surface area contributed by atoms with E-state index >= 15 is 0 Å². The molecule has 0 heterocycles. The Bertz CT molecular complexity index is 649. The molecule has 0 radical (unpaired) electrons. The molecule has 0 spiro atoms. The van der Waals surface area contributed by atoms with Crippen LogP contribution in [0, 0.1) is 5.82 Å². The molecule has 0 aliphatic rings. The van der Waals surface area contributed by atoms with Crippen LogP contribution in [0.15, 0.2) is 46.9 Å². The molecule has 2 rings (SSSR count). The molecular weight excluding hydrogens is 361 g/mol. The summed E-state index contributed by atoms with van der Waals surface area (Å²) >= 11 is 9.16. The third-order valence-corrected chi connectivity index (χ3v) is 3.53. The summed E-state index contributed by atoms with van der Waals surface area (Å²) in [6.07, 6.45) is -0.715. The molecule has 110 valence electrons. The lowest BCUT2D eigenvalue weighted by Crippen LogP contribution is -2.30. The van der Waals surface area contributed by atoms with Gasteiger partial charge in [-0.3, -0.25) is 4.79 Å². The molecule has 1 amide bonds. The molecule has 2 aromatic rings. The van der Waals surface area contributed by atoms with E-state index in [1.54, 1.807) is 25.1 Å². The van der Waals surface area contributed by atoms with Crippen molar-refractivity contribution in [3.63, 3.8) is 0 Å². The van der Waals surface area contributed by atoms with Crippen molar-refractivity contribution in [3.8, 4) is 5.75 Å². The van der Waals surface area contributed by atoms with Crippen LogP contribution in [0.25, 0.3) is 0 Å². The van der Waals surface area contributed by atoms with Gasteiger partial charge in [-0.05, 0) is 65.3 Å². The molecule has 0 bridgehead atoms. The van der Waals surface area contributed by atoms with Crippen molar-refractivity contribution < 1.29 is 13.9 Å². The van der Waals surface area contributed by atoms with Gasteiger partial charge >= 0.3 is 0 Å². The highest BCUT2D eigenvalue weighted by Gasteiger charge is 2.16. The second-order valence-corrected chi connectivity index (χ2v) is 5.62. The molecule has 0 fully saturated rings. The minimum absolute atomic E-state index is 0.330. The molecule has 0 aliphatic heterocycles. The van der Waals surface area contributed by atoms with Crippen LogP contribution in [0.1, 0.15) is 6.92 Å². The van der Waals surface area contributed by atoms with Gasteiger partial charge < -0.3 is 10.1 Å². The molecule has 0 saturated carbocycles. The molecular formula is C15H12BrClFNO2. The Morgan fingerprint density at radius 1 is 1.29 bits per heavy atom. The minimum atomic E-state index is -0.715. The lowest BCUT2D eigenvalue weighted by molar-refractivity contribution is -0.122. The largest absolute Gasteiger partial charge is 0.480 e. The summed E-state index contributed by atoms with van der Waals surface area (Å²) in [6.45, 7) is 1.62. The van der Waals surface area contributed by atoms with Crippen molar-refractivity contribution in [3.05, 3.63) is 57.8 Å². The Labute approximate surface area is 135 Å². The smallest absolute Gasteiger partial charge is 0.265 e. The van der Waals surface area contributed by atoms with Gasteiger partial charge in [0.15, 0.2) is 6.10 Å². The fourth-order valence-corrected chi connectivity index (χ4v) is 2.37. The van der Waals surface area contributed by atoms with Crippen LogP contribution in [0.3, 0.4) is 0 Å². The van der Waals surface area contributed by atoms with Gasteiger partial charge in [-0.15, -0.1) is 0 Å². The van der Waals surface area contributed by atoms with Crippen LogP contribution in [-0.4, -0.2) is 12.0 Å². The maximum Gasteiger partial charge on any atom is 0.265 e. The standard InChI is InChI=1S/C15H12BrClFNO2/c1-9(21-14-7-2-10(17)8-13(14)16)15(20)19-12-5-3-11(18)4-6-12/h2-9H,1H3,(H,19,20). The zero-order chi connectivity index (χ0) is 15.4. The number of anilines is 1. The van der Waals surface area contributed by atoms with E-state index in [1.165, 1.54) is 24.3 Å². The highest BCUT2D eigenvalue weighted by atomic mass is 79.9. The molecule has 0 aliphatic carbocycles. The number of amides is 1. The van der Waals surface area contributed by atoms with Gasteiger partial charge in [-0.1, -0.05) is 11.6 Å². The fraction of sp³-hybridized carbons (Fsp3) is 0.133. The summed E-state index contributed by atoms with van der Waals surface area (Å²) < 4.78 is 19.0. The number of carbonyl (C=O) groups excluding carboxylic acids is 1. The third-order valence-electron chi connectivity index (χ3n) is 2.68. The maximum absolute atomic E-state index is 12.8. The van der Waals surface area contributed by atoms with Gasteiger partial charge in [-0.2, -0.15) is 0 Å². The van der Waals surface area contributed by atoms with Gasteiger partial charge in [0.2, 0.25) is 0 Å². The normalized spacial score (nSPS) is 11.8. The Morgan fingerprint density at radius 3 is 2.57 bits per heavy atom. The number of carbonyl (C=O) groups is 1. The number of hydrogen-bond acceptors (Lipinski definition) is 2. The minimum Gasteiger partial charge on any atom is -0.480 e. The first-order chi connectivity index (χ1) is 9.95. The highest BCUT2D eigenvalue weighted by molar-refractivity contribution is 9.10. The topological polar surface area (TPSA) is 38.3 Å². The summed E-state index contributed by atoms with van der Waals surface area (Å²) in [5, 5.41) is 3.22. The Hall–Kier alpha value is -1.59. The average Bonchev–Trinajstić information content (AvgIpc) is 2.44. The van der Waals surface area contributed by atoms with Gasteiger partial charge in [-0.25, -0.2) is 4.39 Å². The SMILES string of the molecule is CC(Oc1ccc(Cl)cc1Br)C(=O)Nc1ccc(F)cc1. The molecule has 21 heavy (non-hydrogen) atoms. The first-order valence-corrected chi connectivity index (χ1v) is 7.31. The van der Waals surface area contributed by atoms with Crippen molar-refractivity contribution in [2.45, 2.75) is 13.0 Å². The number of hydrogen-bond donors (Lipinski definition) is 1. The van der Waals surface area contributed by atoms with Crippen molar-refractivity contribution in [2.75, 3.05) is 5.32 Å². The van der Waals surface area contributed by atoms with Crippen LogP contribution in [-0.2, 0) is 4.79 Å². The summed E-state index contributed by atoms with van der Waals surface area (Å²) in [5.74, 6) is -0.174. The van der Waals surface area contributed by atoms with E-state index in [0.29, 0.717) is 20.9 Å². The first kappa shape index (κ1) is 15.8. The molecule has 1 atom stereocenters. The number of rotatable bonds is 4. The van der Waals surface area contributed by atoms with E-state index in [4.69, 9.17) is 16.3 Å². The van der Waals surface area contributed by atoms with Gasteiger partial charge in [0.1, 0.15) is 11.6 Å². The molecule has 2 aromatic carbocycles. The maximum atomic E-state index is 12.8. The molecule has 6 heteroatoms. The first-order valence-electron chi connectivity index (χ1n) is 6.14. The van der Waals surface area contributed by atoms with Crippen LogP contribution < -0.4 is 10.1 Å². The van der Waals surface area contributed by atoms with Crippen molar-refractivity contribution in [1.29, 1.82) is 0 Å². The summed E-state index contributed by atoms with van der Waals surface area (Å²) in [6, 6.07) is 10.5. The molecule has 3 nitrogen and oxygen atoms in total. The van der Waals surface area contributed by atoms with Crippen LogP contribution in [0.5, 0.6) is 5.75 Å². The van der Waals surface area contributed by atoms with Crippen molar-refractivity contribution in [2.24, 2.45) is 0 Å². The monoisotopic (exact) mass is 371 g/mol.